The van der Waals surface area contributed by atoms with E-state index in [-0.39, 0.29) is 13.0 Å². The summed E-state index contributed by atoms with van der Waals surface area (Å²) in [5.74, 6) is -1.81. The van der Waals surface area contributed by atoms with Crippen LogP contribution in [0.4, 0.5) is 0 Å². The van der Waals surface area contributed by atoms with Crippen LogP contribution in [0, 0.1) is 0 Å². The molecule has 0 aliphatic rings. The standard InChI is InChI=1S/C8H17NO6S2/c1-16(12,13)6-7-17(14,15)9-5-3-2-4-8(10)11/h9H,2-7H2,1H3,(H,10,11). The highest BCUT2D eigenvalue weighted by atomic mass is 32.2. The average molecular weight is 287 g/mol. The Morgan fingerprint density at radius 2 is 1.71 bits per heavy atom. The quantitative estimate of drug-likeness (QED) is 0.536. The number of hydrogen-bond donors (Lipinski definition) is 2. The van der Waals surface area contributed by atoms with E-state index >= 15 is 0 Å². The lowest BCUT2D eigenvalue weighted by atomic mass is 10.2. The molecule has 0 rings (SSSR count). The van der Waals surface area contributed by atoms with Crippen LogP contribution in [-0.4, -0.2) is 52.2 Å². The van der Waals surface area contributed by atoms with E-state index in [0.29, 0.717) is 12.8 Å². The molecule has 0 aromatic carbocycles. The van der Waals surface area contributed by atoms with Crippen molar-refractivity contribution in [3.63, 3.8) is 0 Å². The zero-order valence-corrected chi connectivity index (χ0v) is 11.2. The molecule has 9 heteroatoms. The summed E-state index contributed by atoms with van der Waals surface area (Å²) in [6.07, 6.45) is 1.74. The van der Waals surface area contributed by atoms with Gasteiger partial charge in [-0.05, 0) is 12.8 Å². The molecule has 0 unspecified atom stereocenters. The minimum absolute atomic E-state index is 0.00886. The molecule has 0 amide bonds. The molecule has 17 heavy (non-hydrogen) atoms. The van der Waals surface area contributed by atoms with Crippen molar-refractivity contribution in [1.29, 1.82) is 0 Å². The van der Waals surface area contributed by atoms with Crippen molar-refractivity contribution in [2.24, 2.45) is 0 Å². The number of nitrogens with one attached hydrogen (secondary N) is 1. The highest BCUT2D eigenvalue weighted by molar-refractivity contribution is 7.93. The summed E-state index contributed by atoms with van der Waals surface area (Å²) in [4.78, 5) is 10.2. The molecule has 0 aliphatic heterocycles. The molecule has 0 saturated heterocycles. The number of carboxylic acid groups (broad SMARTS) is 1. The Labute approximate surface area is 101 Å². The summed E-state index contributed by atoms with van der Waals surface area (Å²) in [6, 6.07) is 0. The summed E-state index contributed by atoms with van der Waals surface area (Å²) in [5.41, 5.74) is 0. The topological polar surface area (TPSA) is 118 Å². The van der Waals surface area contributed by atoms with E-state index in [1.165, 1.54) is 0 Å². The van der Waals surface area contributed by atoms with Crippen molar-refractivity contribution in [2.45, 2.75) is 19.3 Å². The number of carboxylic acids is 1. The fourth-order valence-electron chi connectivity index (χ4n) is 0.962. The molecule has 0 radical (unpaired) electrons. The maximum Gasteiger partial charge on any atom is 0.303 e. The molecule has 0 spiro atoms. The Kier molecular flexibility index (Phi) is 6.65. The third-order valence-electron chi connectivity index (χ3n) is 1.86. The van der Waals surface area contributed by atoms with Gasteiger partial charge in [-0.15, -0.1) is 0 Å². The Bertz CT molecular complexity index is 439. The van der Waals surface area contributed by atoms with Crippen LogP contribution in [0.2, 0.25) is 0 Å². The smallest absolute Gasteiger partial charge is 0.303 e. The Balaban J connectivity index is 3.83. The van der Waals surface area contributed by atoms with Crippen LogP contribution < -0.4 is 4.72 Å². The molecule has 0 fully saturated rings. The van der Waals surface area contributed by atoms with Crippen molar-refractivity contribution in [2.75, 3.05) is 24.3 Å². The Morgan fingerprint density at radius 3 is 2.18 bits per heavy atom. The van der Waals surface area contributed by atoms with Crippen LogP contribution >= 0.6 is 0 Å². The Hall–Kier alpha value is -0.670. The van der Waals surface area contributed by atoms with Gasteiger partial charge >= 0.3 is 5.97 Å². The third-order valence-corrected chi connectivity index (χ3v) is 4.45. The molecule has 0 aromatic heterocycles. The second-order valence-corrected chi connectivity index (χ2v) is 7.88. The Morgan fingerprint density at radius 1 is 1.12 bits per heavy atom. The molecule has 0 aliphatic carbocycles. The molecule has 0 saturated carbocycles. The second-order valence-electron chi connectivity index (χ2n) is 3.69. The maximum absolute atomic E-state index is 11.3. The zero-order valence-electron chi connectivity index (χ0n) is 9.55. The van der Waals surface area contributed by atoms with E-state index in [1.54, 1.807) is 0 Å². The molecule has 0 atom stereocenters. The monoisotopic (exact) mass is 287 g/mol. The summed E-state index contributed by atoms with van der Waals surface area (Å²) >= 11 is 0. The first-order valence-corrected chi connectivity index (χ1v) is 8.70. The van der Waals surface area contributed by atoms with Gasteiger partial charge in [0.05, 0.1) is 11.5 Å². The zero-order chi connectivity index (χ0) is 13.5. The average Bonchev–Trinajstić information content (AvgIpc) is 2.13. The van der Waals surface area contributed by atoms with E-state index in [9.17, 15) is 21.6 Å². The van der Waals surface area contributed by atoms with E-state index in [4.69, 9.17) is 5.11 Å². The van der Waals surface area contributed by atoms with Crippen LogP contribution in [-0.2, 0) is 24.7 Å². The fraction of sp³-hybridized carbons (Fsp3) is 0.875. The van der Waals surface area contributed by atoms with Gasteiger partial charge in [-0.2, -0.15) is 0 Å². The molecule has 0 bridgehead atoms. The molecule has 2 N–H and O–H groups in total. The van der Waals surface area contributed by atoms with Crippen molar-refractivity contribution in [3.05, 3.63) is 0 Å². The first-order valence-electron chi connectivity index (χ1n) is 4.99. The van der Waals surface area contributed by atoms with Gasteiger partial charge in [0.2, 0.25) is 10.0 Å². The van der Waals surface area contributed by atoms with Crippen LogP contribution in [0.1, 0.15) is 19.3 Å². The van der Waals surface area contributed by atoms with Gasteiger partial charge in [-0.3, -0.25) is 4.79 Å². The van der Waals surface area contributed by atoms with Crippen LogP contribution in [0.25, 0.3) is 0 Å². The number of unbranched alkanes of at least 4 members (excludes halogenated alkanes) is 1. The molecule has 0 heterocycles. The molecular weight excluding hydrogens is 270 g/mol. The highest BCUT2D eigenvalue weighted by Crippen LogP contribution is 1.95. The predicted octanol–water partition coefficient (Wildman–Crippen LogP) is -0.795. The van der Waals surface area contributed by atoms with Crippen molar-refractivity contribution in [3.8, 4) is 0 Å². The number of sulfone groups is 1. The summed E-state index contributed by atoms with van der Waals surface area (Å²) < 4.78 is 46.3. The van der Waals surface area contributed by atoms with Crippen LogP contribution in [0.3, 0.4) is 0 Å². The molecule has 102 valence electrons. The lowest BCUT2D eigenvalue weighted by Gasteiger charge is -2.05. The predicted molar refractivity (Wildman–Crippen MR) is 63.0 cm³/mol. The van der Waals surface area contributed by atoms with E-state index in [0.717, 1.165) is 6.26 Å². The minimum atomic E-state index is -3.59. The molecular formula is C8H17NO6S2. The normalized spacial score (nSPS) is 12.5. The van der Waals surface area contributed by atoms with Crippen molar-refractivity contribution in [1.82, 2.24) is 4.72 Å². The first kappa shape index (κ1) is 16.3. The number of carbonyl (C=O) groups is 1. The van der Waals surface area contributed by atoms with Gasteiger partial charge < -0.3 is 5.11 Å². The lowest BCUT2D eigenvalue weighted by molar-refractivity contribution is -0.137. The minimum Gasteiger partial charge on any atom is -0.481 e. The van der Waals surface area contributed by atoms with Gasteiger partial charge in [0.15, 0.2) is 0 Å². The van der Waals surface area contributed by atoms with E-state index in [2.05, 4.69) is 4.72 Å². The fourth-order valence-corrected chi connectivity index (χ4v) is 3.65. The van der Waals surface area contributed by atoms with Crippen molar-refractivity contribution >= 4 is 25.8 Å². The van der Waals surface area contributed by atoms with Gasteiger partial charge in [0, 0.05) is 19.2 Å². The molecule has 0 aromatic rings. The largest absolute Gasteiger partial charge is 0.481 e. The highest BCUT2D eigenvalue weighted by Gasteiger charge is 2.13. The first-order chi connectivity index (χ1) is 7.62. The van der Waals surface area contributed by atoms with E-state index in [1.807, 2.05) is 0 Å². The number of hydrogen-bond acceptors (Lipinski definition) is 5. The SMILES string of the molecule is CS(=O)(=O)CCS(=O)(=O)NCCCCC(=O)O. The van der Waals surface area contributed by atoms with Gasteiger partial charge in [0.25, 0.3) is 0 Å². The van der Waals surface area contributed by atoms with Crippen molar-refractivity contribution < 1.29 is 26.7 Å². The third kappa shape index (κ3) is 11.6. The summed E-state index contributed by atoms with van der Waals surface area (Å²) in [6.45, 7) is 0.124. The number of aliphatic carboxylic acids is 1. The summed E-state index contributed by atoms with van der Waals surface area (Å²) in [7, 11) is -6.89. The van der Waals surface area contributed by atoms with Gasteiger partial charge in [-0.1, -0.05) is 0 Å². The van der Waals surface area contributed by atoms with E-state index < -0.39 is 37.3 Å². The van der Waals surface area contributed by atoms with Gasteiger partial charge in [-0.25, -0.2) is 21.6 Å². The number of rotatable bonds is 9. The summed E-state index contributed by atoms with van der Waals surface area (Å²) in [5, 5.41) is 8.34. The van der Waals surface area contributed by atoms with Gasteiger partial charge in [0.1, 0.15) is 9.84 Å². The molecule has 7 nitrogen and oxygen atoms in total. The lowest BCUT2D eigenvalue weighted by Crippen LogP contribution is -2.30. The van der Waals surface area contributed by atoms with Crippen LogP contribution in [0.15, 0.2) is 0 Å². The second kappa shape index (κ2) is 6.92. The maximum atomic E-state index is 11.3. The number of sulfonamides is 1. The van der Waals surface area contributed by atoms with Crippen LogP contribution in [0.5, 0.6) is 0 Å².